The summed E-state index contributed by atoms with van der Waals surface area (Å²) in [6, 6.07) is 11.9. The molecule has 152 valence electrons. The van der Waals surface area contributed by atoms with Crippen molar-refractivity contribution in [2.45, 2.75) is 25.8 Å². The molecule has 5 rings (SSSR count). The van der Waals surface area contributed by atoms with Crippen LogP contribution >= 0.6 is 0 Å². The van der Waals surface area contributed by atoms with E-state index in [9.17, 15) is 0 Å². The van der Waals surface area contributed by atoms with Gasteiger partial charge in [-0.25, -0.2) is 19.6 Å². The van der Waals surface area contributed by atoms with E-state index in [0.717, 1.165) is 53.8 Å². The molecule has 1 aromatic carbocycles. The normalized spacial score (nSPS) is 14.8. The lowest BCUT2D eigenvalue weighted by Crippen LogP contribution is -2.30. The number of aryl methyl sites for hydroxylation is 1. The highest BCUT2D eigenvalue weighted by molar-refractivity contribution is 5.98. The van der Waals surface area contributed by atoms with E-state index in [0.29, 0.717) is 23.5 Å². The highest BCUT2D eigenvalue weighted by Gasteiger charge is 2.23. The SMILES string of the molecule is Cc1ccc(Oc2ccc(-c3nn(C4CCNCC4)c4ncnc(N)c34)cc2)nc1. The molecule has 0 spiro atoms. The number of fused-ring (bicyclic) bond motifs is 1. The molecule has 4 aromatic rings. The van der Waals surface area contributed by atoms with Crippen molar-refractivity contribution >= 4 is 16.9 Å². The smallest absolute Gasteiger partial charge is 0.219 e. The Labute approximate surface area is 174 Å². The van der Waals surface area contributed by atoms with Gasteiger partial charge >= 0.3 is 0 Å². The fourth-order valence-corrected chi connectivity index (χ4v) is 3.82. The molecule has 3 N–H and O–H groups in total. The van der Waals surface area contributed by atoms with Crippen molar-refractivity contribution in [1.29, 1.82) is 0 Å². The van der Waals surface area contributed by atoms with E-state index in [1.807, 2.05) is 48.0 Å². The van der Waals surface area contributed by atoms with Gasteiger partial charge < -0.3 is 15.8 Å². The summed E-state index contributed by atoms with van der Waals surface area (Å²) in [5, 5.41) is 9.11. The van der Waals surface area contributed by atoms with Crippen LogP contribution in [0, 0.1) is 6.92 Å². The van der Waals surface area contributed by atoms with Gasteiger partial charge in [-0.15, -0.1) is 0 Å². The Balaban J connectivity index is 1.50. The maximum absolute atomic E-state index is 6.23. The first-order valence-corrected chi connectivity index (χ1v) is 10.1. The topological polar surface area (TPSA) is 104 Å². The van der Waals surface area contributed by atoms with E-state index in [2.05, 4.69) is 20.3 Å². The van der Waals surface area contributed by atoms with Gasteiger partial charge in [0.2, 0.25) is 5.88 Å². The third kappa shape index (κ3) is 3.46. The summed E-state index contributed by atoms with van der Waals surface area (Å²) in [5.41, 5.74) is 9.85. The second kappa shape index (κ2) is 7.72. The summed E-state index contributed by atoms with van der Waals surface area (Å²) in [7, 11) is 0. The first kappa shape index (κ1) is 18.5. The van der Waals surface area contributed by atoms with Crippen LogP contribution in [-0.2, 0) is 0 Å². The number of piperidine rings is 1. The Bertz CT molecular complexity index is 1160. The quantitative estimate of drug-likeness (QED) is 0.539. The summed E-state index contributed by atoms with van der Waals surface area (Å²) in [6.07, 6.45) is 5.31. The number of nitrogens with zero attached hydrogens (tertiary/aromatic N) is 5. The van der Waals surface area contributed by atoms with Gasteiger partial charge in [0.1, 0.15) is 23.6 Å². The number of nitrogen functional groups attached to an aromatic ring is 1. The molecule has 0 atom stereocenters. The average molecular weight is 401 g/mol. The highest BCUT2D eigenvalue weighted by Crippen LogP contribution is 2.34. The minimum absolute atomic E-state index is 0.298. The predicted octanol–water partition coefficient (Wildman–Crippen LogP) is 3.50. The van der Waals surface area contributed by atoms with Gasteiger partial charge in [-0.05, 0) is 62.7 Å². The zero-order chi connectivity index (χ0) is 20.5. The molecule has 1 aliphatic heterocycles. The van der Waals surface area contributed by atoms with Crippen LogP contribution in [-0.4, -0.2) is 37.8 Å². The lowest BCUT2D eigenvalue weighted by atomic mass is 10.1. The van der Waals surface area contributed by atoms with Crippen LogP contribution in [0.3, 0.4) is 0 Å². The lowest BCUT2D eigenvalue weighted by molar-refractivity contribution is 0.350. The van der Waals surface area contributed by atoms with E-state index in [-0.39, 0.29) is 0 Å². The number of anilines is 1. The largest absolute Gasteiger partial charge is 0.439 e. The Morgan fingerprint density at radius 3 is 2.57 bits per heavy atom. The second-order valence-electron chi connectivity index (χ2n) is 7.53. The van der Waals surface area contributed by atoms with E-state index in [1.54, 1.807) is 6.20 Å². The van der Waals surface area contributed by atoms with Gasteiger partial charge in [-0.1, -0.05) is 6.07 Å². The van der Waals surface area contributed by atoms with E-state index in [1.165, 1.54) is 6.33 Å². The maximum Gasteiger partial charge on any atom is 0.219 e. The lowest BCUT2D eigenvalue weighted by Gasteiger charge is -2.23. The van der Waals surface area contributed by atoms with Crippen LogP contribution in [0.2, 0.25) is 0 Å². The fourth-order valence-electron chi connectivity index (χ4n) is 3.82. The standard InChI is InChI=1S/C22H23N7O/c1-14-2-7-18(25-12-14)30-17-5-3-15(4-6-17)20-19-21(23)26-13-27-22(19)29(28-20)16-8-10-24-11-9-16/h2-7,12-13,16,24H,8-11H2,1H3,(H2,23,26,27). The zero-order valence-corrected chi connectivity index (χ0v) is 16.7. The molecule has 1 saturated heterocycles. The predicted molar refractivity (Wildman–Crippen MR) is 115 cm³/mol. The number of hydrogen-bond donors (Lipinski definition) is 2. The number of rotatable bonds is 4. The Morgan fingerprint density at radius 2 is 1.83 bits per heavy atom. The van der Waals surface area contributed by atoms with E-state index < -0.39 is 0 Å². The van der Waals surface area contributed by atoms with Crippen LogP contribution in [0.1, 0.15) is 24.4 Å². The third-order valence-corrected chi connectivity index (χ3v) is 5.41. The van der Waals surface area contributed by atoms with Crippen molar-refractivity contribution in [3.63, 3.8) is 0 Å². The molecule has 0 bridgehead atoms. The van der Waals surface area contributed by atoms with E-state index in [4.69, 9.17) is 15.6 Å². The number of aromatic nitrogens is 5. The molecule has 0 amide bonds. The maximum atomic E-state index is 6.23. The number of pyridine rings is 1. The van der Waals surface area contributed by atoms with Crippen LogP contribution in [0.25, 0.3) is 22.3 Å². The number of benzene rings is 1. The van der Waals surface area contributed by atoms with Gasteiger partial charge in [-0.3, -0.25) is 0 Å². The van der Waals surface area contributed by atoms with Crippen molar-refractivity contribution in [3.05, 3.63) is 54.5 Å². The van der Waals surface area contributed by atoms with Crippen LogP contribution in [0.15, 0.2) is 48.9 Å². The van der Waals surface area contributed by atoms with Crippen LogP contribution in [0.5, 0.6) is 11.6 Å². The minimum atomic E-state index is 0.298. The van der Waals surface area contributed by atoms with Gasteiger partial charge in [0.05, 0.1) is 11.4 Å². The highest BCUT2D eigenvalue weighted by atomic mass is 16.5. The van der Waals surface area contributed by atoms with Crippen molar-refractivity contribution in [2.24, 2.45) is 0 Å². The zero-order valence-electron chi connectivity index (χ0n) is 16.7. The molecule has 1 aliphatic rings. The molecular weight excluding hydrogens is 378 g/mol. The van der Waals surface area contributed by atoms with Gasteiger partial charge in [0, 0.05) is 17.8 Å². The third-order valence-electron chi connectivity index (χ3n) is 5.41. The second-order valence-corrected chi connectivity index (χ2v) is 7.53. The average Bonchev–Trinajstić information content (AvgIpc) is 3.18. The Hall–Kier alpha value is -3.52. The van der Waals surface area contributed by atoms with Crippen molar-refractivity contribution in [1.82, 2.24) is 30.0 Å². The van der Waals surface area contributed by atoms with Crippen molar-refractivity contribution in [3.8, 4) is 22.9 Å². The van der Waals surface area contributed by atoms with Gasteiger partial charge in [-0.2, -0.15) is 5.10 Å². The molecule has 8 heteroatoms. The minimum Gasteiger partial charge on any atom is -0.439 e. The van der Waals surface area contributed by atoms with E-state index >= 15 is 0 Å². The molecule has 0 radical (unpaired) electrons. The van der Waals surface area contributed by atoms with Crippen molar-refractivity contribution in [2.75, 3.05) is 18.8 Å². The first-order valence-electron chi connectivity index (χ1n) is 10.1. The van der Waals surface area contributed by atoms with Gasteiger partial charge in [0.25, 0.3) is 0 Å². The summed E-state index contributed by atoms with van der Waals surface area (Å²) < 4.78 is 7.86. The molecule has 0 saturated carbocycles. The van der Waals surface area contributed by atoms with Crippen LogP contribution < -0.4 is 15.8 Å². The molecule has 8 nitrogen and oxygen atoms in total. The molecule has 3 aromatic heterocycles. The first-order chi connectivity index (χ1) is 14.7. The monoisotopic (exact) mass is 401 g/mol. The number of ether oxygens (including phenoxy) is 1. The Kier molecular flexibility index (Phi) is 4.76. The molecule has 4 heterocycles. The number of hydrogen-bond acceptors (Lipinski definition) is 7. The molecule has 0 aliphatic carbocycles. The molecule has 1 fully saturated rings. The fraction of sp³-hybridized carbons (Fsp3) is 0.273. The number of nitrogens with one attached hydrogen (secondary N) is 1. The van der Waals surface area contributed by atoms with Crippen molar-refractivity contribution < 1.29 is 4.74 Å². The van der Waals surface area contributed by atoms with Gasteiger partial charge in [0.15, 0.2) is 5.65 Å². The molecule has 30 heavy (non-hydrogen) atoms. The molecule has 0 unspecified atom stereocenters. The summed E-state index contributed by atoms with van der Waals surface area (Å²) in [4.78, 5) is 13.0. The number of nitrogens with two attached hydrogens (primary N) is 1. The summed E-state index contributed by atoms with van der Waals surface area (Å²) in [6.45, 7) is 3.94. The summed E-state index contributed by atoms with van der Waals surface area (Å²) >= 11 is 0. The van der Waals surface area contributed by atoms with Crippen LogP contribution in [0.4, 0.5) is 5.82 Å². The Morgan fingerprint density at radius 1 is 1.03 bits per heavy atom. The molecular formula is C22H23N7O. The summed E-state index contributed by atoms with van der Waals surface area (Å²) in [5.74, 6) is 1.72.